The van der Waals surface area contributed by atoms with Crippen LogP contribution in [-0.4, -0.2) is 48.7 Å². The van der Waals surface area contributed by atoms with E-state index in [9.17, 15) is 9.59 Å². The van der Waals surface area contributed by atoms with Crippen molar-refractivity contribution in [3.8, 4) is 0 Å². The Morgan fingerprint density at radius 3 is 2.74 bits per heavy atom. The van der Waals surface area contributed by atoms with E-state index in [1.54, 1.807) is 26.0 Å². The molecule has 0 aromatic heterocycles. The Hall–Kier alpha value is -1.88. The monoisotopic (exact) mass is 317 g/mol. The summed E-state index contributed by atoms with van der Waals surface area (Å²) in [5, 5.41) is 0. The van der Waals surface area contributed by atoms with Crippen molar-refractivity contribution in [2.24, 2.45) is 5.92 Å². The molecule has 0 spiro atoms. The van der Waals surface area contributed by atoms with E-state index >= 15 is 0 Å². The largest absolute Gasteiger partial charge is 0.462 e. The Morgan fingerprint density at radius 1 is 1.26 bits per heavy atom. The van der Waals surface area contributed by atoms with Crippen molar-refractivity contribution in [3.63, 3.8) is 0 Å². The van der Waals surface area contributed by atoms with Gasteiger partial charge in [0.2, 0.25) is 0 Å². The highest BCUT2D eigenvalue weighted by Gasteiger charge is 2.46. The van der Waals surface area contributed by atoms with Gasteiger partial charge >= 0.3 is 11.9 Å². The maximum Gasteiger partial charge on any atom is 0.338 e. The van der Waals surface area contributed by atoms with Gasteiger partial charge in [0.15, 0.2) is 0 Å². The number of cyclic esters (lactones) is 1. The molecule has 3 atom stereocenters. The molecule has 0 aromatic carbocycles. The number of rotatable bonds is 0. The Morgan fingerprint density at radius 2 is 2.00 bits per heavy atom. The minimum atomic E-state index is -0.406. The van der Waals surface area contributed by atoms with Crippen LogP contribution in [0.4, 0.5) is 0 Å². The van der Waals surface area contributed by atoms with Gasteiger partial charge in [0.05, 0.1) is 23.8 Å². The maximum absolute atomic E-state index is 12.5. The van der Waals surface area contributed by atoms with Gasteiger partial charge in [-0.25, -0.2) is 9.59 Å². The summed E-state index contributed by atoms with van der Waals surface area (Å²) in [5.41, 5.74) is 1.36. The van der Waals surface area contributed by atoms with Crippen LogP contribution in [-0.2, 0) is 19.1 Å². The highest BCUT2D eigenvalue weighted by Crippen LogP contribution is 2.35. The van der Waals surface area contributed by atoms with E-state index in [1.165, 1.54) is 0 Å². The van der Waals surface area contributed by atoms with E-state index < -0.39 is 5.97 Å². The first kappa shape index (κ1) is 16.0. The minimum absolute atomic E-state index is 0.125. The van der Waals surface area contributed by atoms with Crippen LogP contribution >= 0.6 is 0 Å². The van der Waals surface area contributed by atoms with Gasteiger partial charge in [0.25, 0.3) is 0 Å². The lowest BCUT2D eigenvalue weighted by Crippen LogP contribution is -2.39. The van der Waals surface area contributed by atoms with Crippen LogP contribution < -0.4 is 0 Å². The number of hydrogen-bond donors (Lipinski definition) is 0. The predicted octanol–water partition coefficient (Wildman–Crippen LogP) is 2.00. The van der Waals surface area contributed by atoms with Crippen molar-refractivity contribution in [1.82, 2.24) is 4.90 Å². The summed E-state index contributed by atoms with van der Waals surface area (Å²) in [5.74, 6) is -0.521. The van der Waals surface area contributed by atoms with E-state index in [-0.39, 0.29) is 29.6 Å². The van der Waals surface area contributed by atoms with Gasteiger partial charge in [-0.2, -0.15) is 0 Å². The zero-order valence-electron chi connectivity index (χ0n) is 13.7. The number of hydrogen-bond acceptors (Lipinski definition) is 5. The highest BCUT2D eigenvalue weighted by atomic mass is 16.5. The van der Waals surface area contributed by atoms with Crippen LogP contribution in [0.2, 0.25) is 0 Å². The number of allylic oxidation sites excluding steroid dienone is 1. The second-order valence-electron chi connectivity index (χ2n) is 6.46. The van der Waals surface area contributed by atoms with E-state index in [0.717, 1.165) is 25.9 Å². The standard InChI is InChI=1S/C18H23NO4/c1-4-13-9-11(2)12(3)17(20)22-10-14-5-7-19-8-6-15(16(14)19)23-18(13)21/h4,9,14-16H,3,5-8,10H2,1-2H3/b11-9?,13-4-/t14-,15-,16-/m1/s1. The Balaban J connectivity index is 1.92. The number of esters is 2. The lowest BCUT2D eigenvalue weighted by molar-refractivity contribution is -0.147. The quantitative estimate of drug-likeness (QED) is 0.505. The molecule has 3 aliphatic heterocycles. The summed E-state index contributed by atoms with van der Waals surface area (Å²) < 4.78 is 11.2. The van der Waals surface area contributed by atoms with Crippen LogP contribution in [0.1, 0.15) is 26.7 Å². The number of carbonyl (C=O) groups excluding carboxylic acids is 2. The first-order valence-corrected chi connectivity index (χ1v) is 8.17. The molecular formula is C18H23NO4. The number of nitrogens with zero attached hydrogens (tertiary/aromatic N) is 1. The average molecular weight is 317 g/mol. The lowest BCUT2D eigenvalue weighted by Gasteiger charge is -2.26. The fourth-order valence-corrected chi connectivity index (χ4v) is 3.74. The smallest absolute Gasteiger partial charge is 0.338 e. The molecule has 0 N–H and O–H groups in total. The van der Waals surface area contributed by atoms with Crippen LogP contribution in [0.5, 0.6) is 0 Å². The summed E-state index contributed by atoms with van der Waals surface area (Å²) >= 11 is 0. The molecule has 0 aliphatic carbocycles. The zero-order chi connectivity index (χ0) is 16.6. The molecule has 5 heteroatoms. The molecule has 3 heterocycles. The third-order valence-corrected chi connectivity index (χ3v) is 5.10. The first-order chi connectivity index (χ1) is 11.0. The summed E-state index contributed by atoms with van der Waals surface area (Å²) in [6.07, 6.45) is 5.03. The van der Waals surface area contributed by atoms with Gasteiger partial charge < -0.3 is 9.47 Å². The normalized spacial score (nSPS) is 34.3. The van der Waals surface area contributed by atoms with Gasteiger partial charge in [0.1, 0.15) is 6.10 Å². The van der Waals surface area contributed by atoms with Gasteiger partial charge in [-0.1, -0.05) is 12.7 Å². The average Bonchev–Trinajstić information content (AvgIpc) is 3.11. The van der Waals surface area contributed by atoms with Crippen LogP contribution in [0.3, 0.4) is 0 Å². The van der Waals surface area contributed by atoms with Gasteiger partial charge in [0, 0.05) is 12.5 Å². The summed E-state index contributed by atoms with van der Waals surface area (Å²) in [4.78, 5) is 27.0. The second-order valence-corrected chi connectivity index (χ2v) is 6.46. The Labute approximate surface area is 136 Å². The van der Waals surface area contributed by atoms with Crippen molar-refractivity contribution in [1.29, 1.82) is 0 Å². The molecule has 23 heavy (non-hydrogen) atoms. The summed E-state index contributed by atoms with van der Waals surface area (Å²) in [7, 11) is 0. The molecule has 5 nitrogen and oxygen atoms in total. The SMILES string of the molecule is C=C1C(=O)OC[C@H]2CCN3CC[C@@H](OC(=O)/C(=C\C)C=C1C)[C@@H]23. The summed E-state index contributed by atoms with van der Waals surface area (Å²) in [6.45, 7) is 9.59. The van der Waals surface area contributed by atoms with E-state index in [2.05, 4.69) is 11.5 Å². The molecule has 0 radical (unpaired) electrons. The molecule has 0 unspecified atom stereocenters. The molecule has 3 rings (SSSR count). The molecule has 2 saturated heterocycles. The van der Waals surface area contributed by atoms with Crippen molar-refractivity contribution >= 4 is 11.9 Å². The summed E-state index contributed by atoms with van der Waals surface area (Å²) in [6, 6.07) is 0.155. The fraction of sp³-hybridized carbons (Fsp3) is 0.556. The van der Waals surface area contributed by atoms with E-state index in [1.807, 2.05) is 0 Å². The highest BCUT2D eigenvalue weighted by molar-refractivity contribution is 5.95. The van der Waals surface area contributed by atoms with Crippen molar-refractivity contribution in [2.45, 2.75) is 38.8 Å². The third kappa shape index (κ3) is 2.98. The van der Waals surface area contributed by atoms with Crippen LogP contribution in [0.15, 0.2) is 35.5 Å². The van der Waals surface area contributed by atoms with Crippen molar-refractivity contribution in [2.75, 3.05) is 19.7 Å². The molecule has 2 fully saturated rings. The fourth-order valence-electron chi connectivity index (χ4n) is 3.74. The molecular weight excluding hydrogens is 294 g/mol. The molecule has 3 aliphatic rings. The molecule has 124 valence electrons. The number of ether oxygens (including phenoxy) is 2. The minimum Gasteiger partial charge on any atom is -0.462 e. The second kappa shape index (κ2) is 6.32. The number of carbonyl (C=O) groups is 2. The topological polar surface area (TPSA) is 55.8 Å². The van der Waals surface area contributed by atoms with Gasteiger partial charge in [-0.15, -0.1) is 0 Å². The predicted molar refractivity (Wildman–Crippen MR) is 85.6 cm³/mol. The van der Waals surface area contributed by atoms with Crippen LogP contribution in [0, 0.1) is 5.92 Å². The maximum atomic E-state index is 12.5. The van der Waals surface area contributed by atoms with Gasteiger partial charge in [-0.3, -0.25) is 4.90 Å². The Bertz CT molecular complexity index is 604. The van der Waals surface area contributed by atoms with Gasteiger partial charge in [-0.05, 0) is 44.9 Å². The zero-order valence-corrected chi connectivity index (χ0v) is 13.7. The lowest BCUT2D eigenvalue weighted by atomic mass is 9.96. The molecule has 0 aromatic rings. The van der Waals surface area contributed by atoms with Crippen molar-refractivity contribution in [3.05, 3.63) is 35.5 Å². The Kier molecular flexibility index (Phi) is 4.39. The molecule has 0 saturated carbocycles. The first-order valence-electron chi connectivity index (χ1n) is 8.17. The third-order valence-electron chi connectivity index (χ3n) is 5.10. The molecule has 0 amide bonds. The van der Waals surface area contributed by atoms with Crippen LogP contribution in [0.25, 0.3) is 0 Å². The van der Waals surface area contributed by atoms with Crippen molar-refractivity contribution < 1.29 is 19.1 Å². The van der Waals surface area contributed by atoms with E-state index in [0.29, 0.717) is 17.8 Å². The van der Waals surface area contributed by atoms with E-state index in [4.69, 9.17) is 9.47 Å². The molecule has 0 bridgehead atoms.